The van der Waals surface area contributed by atoms with Crippen LogP contribution in [0.25, 0.3) is 0 Å². The van der Waals surface area contributed by atoms with Gasteiger partial charge in [-0.25, -0.2) is 4.79 Å². The van der Waals surface area contributed by atoms with Crippen molar-refractivity contribution in [3.05, 3.63) is 29.8 Å². The summed E-state index contributed by atoms with van der Waals surface area (Å²) in [6.07, 6.45) is 0.697. The van der Waals surface area contributed by atoms with Crippen molar-refractivity contribution in [1.82, 2.24) is 5.32 Å². The van der Waals surface area contributed by atoms with Crippen LogP contribution in [0.2, 0.25) is 0 Å². The normalized spacial score (nSPS) is 12.2. The predicted molar refractivity (Wildman–Crippen MR) is 90.8 cm³/mol. The van der Waals surface area contributed by atoms with E-state index in [0.717, 1.165) is 11.4 Å². The number of urea groups is 1. The minimum absolute atomic E-state index is 0.153. The zero-order chi connectivity index (χ0) is 15.7. The largest absolute Gasteiger partial charge is 0.396 e. The fourth-order valence-electron chi connectivity index (χ4n) is 1.77. The molecule has 0 aliphatic rings. The molecule has 21 heavy (non-hydrogen) atoms. The zero-order valence-electron chi connectivity index (χ0n) is 13.1. The second-order valence-electron chi connectivity index (χ2n) is 5.51. The highest BCUT2D eigenvalue weighted by Crippen LogP contribution is 2.19. The van der Waals surface area contributed by atoms with Crippen molar-refractivity contribution >= 4 is 23.5 Å². The smallest absolute Gasteiger partial charge is 0.319 e. The van der Waals surface area contributed by atoms with Crippen molar-refractivity contribution in [1.29, 1.82) is 0 Å². The Morgan fingerprint density at radius 3 is 2.76 bits per heavy atom. The van der Waals surface area contributed by atoms with Crippen LogP contribution in [-0.2, 0) is 5.75 Å². The van der Waals surface area contributed by atoms with E-state index < -0.39 is 0 Å². The lowest BCUT2D eigenvalue weighted by Gasteiger charge is -2.12. The molecule has 5 heteroatoms. The Balaban J connectivity index is 2.43. The number of carbonyl (C=O) groups is 1. The van der Waals surface area contributed by atoms with Crippen LogP contribution < -0.4 is 10.6 Å². The van der Waals surface area contributed by atoms with Crippen molar-refractivity contribution in [3.63, 3.8) is 0 Å². The van der Waals surface area contributed by atoms with E-state index in [0.29, 0.717) is 18.2 Å². The van der Waals surface area contributed by atoms with Gasteiger partial charge < -0.3 is 15.7 Å². The SMILES string of the molecule is CC(CCO)CNC(=O)Nc1cccc(CSC(C)C)c1. The molecule has 4 nitrogen and oxygen atoms in total. The molecule has 0 saturated heterocycles. The number of rotatable bonds is 8. The molecule has 2 amide bonds. The third-order valence-electron chi connectivity index (χ3n) is 3.00. The van der Waals surface area contributed by atoms with Gasteiger partial charge in [0.25, 0.3) is 0 Å². The first-order chi connectivity index (χ1) is 10.0. The molecule has 0 radical (unpaired) electrons. The van der Waals surface area contributed by atoms with E-state index >= 15 is 0 Å². The van der Waals surface area contributed by atoms with Crippen molar-refractivity contribution < 1.29 is 9.90 Å². The molecule has 1 aromatic carbocycles. The Morgan fingerprint density at radius 1 is 1.33 bits per heavy atom. The van der Waals surface area contributed by atoms with Gasteiger partial charge in [0.2, 0.25) is 0 Å². The molecule has 0 heterocycles. The molecular weight excluding hydrogens is 284 g/mol. The van der Waals surface area contributed by atoms with Gasteiger partial charge in [-0.1, -0.05) is 32.9 Å². The van der Waals surface area contributed by atoms with E-state index in [1.165, 1.54) is 5.56 Å². The number of aliphatic hydroxyl groups is 1. The lowest BCUT2D eigenvalue weighted by atomic mass is 10.1. The van der Waals surface area contributed by atoms with Crippen molar-refractivity contribution in [2.75, 3.05) is 18.5 Å². The Hall–Kier alpha value is -1.20. The molecule has 0 fully saturated rings. The molecule has 0 spiro atoms. The van der Waals surface area contributed by atoms with Crippen LogP contribution in [0.4, 0.5) is 10.5 Å². The van der Waals surface area contributed by atoms with Crippen LogP contribution in [0.1, 0.15) is 32.8 Å². The highest BCUT2D eigenvalue weighted by atomic mass is 32.2. The highest BCUT2D eigenvalue weighted by molar-refractivity contribution is 7.99. The summed E-state index contributed by atoms with van der Waals surface area (Å²) in [5.74, 6) is 1.22. The molecule has 118 valence electrons. The lowest BCUT2D eigenvalue weighted by Crippen LogP contribution is -2.32. The third kappa shape index (κ3) is 7.97. The molecule has 1 unspecified atom stereocenters. The molecule has 0 bridgehead atoms. The zero-order valence-corrected chi connectivity index (χ0v) is 13.9. The molecule has 0 saturated carbocycles. The number of anilines is 1. The molecule has 1 aromatic rings. The van der Waals surface area contributed by atoms with Gasteiger partial charge >= 0.3 is 6.03 Å². The number of nitrogens with one attached hydrogen (secondary N) is 2. The van der Waals surface area contributed by atoms with Gasteiger partial charge in [0.15, 0.2) is 0 Å². The van der Waals surface area contributed by atoms with E-state index in [1.54, 1.807) is 0 Å². The Bertz CT molecular complexity index is 438. The standard InChI is InChI=1S/C16H26N2O2S/c1-12(2)21-11-14-5-4-6-15(9-14)18-16(20)17-10-13(3)7-8-19/h4-6,9,12-13,19H,7-8,10-11H2,1-3H3,(H2,17,18,20). The van der Waals surface area contributed by atoms with Crippen LogP contribution in [0.5, 0.6) is 0 Å². The van der Waals surface area contributed by atoms with Gasteiger partial charge in [0.1, 0.15) is 0 Å². The number of aliphatic hydroxyl groups excluding tert-OH is 1. The Morgan fingerprint density at radius 2 is 2.10 bits per heavy atom. The van der Waals surface area contributed by atoms with Crippen molar-refractivity contribution in [2.45, 2.75) is 38.2 Å². The second-order valence-corrected chi connectivity index (χ2v) is 7.08. The number of carbonyl (C=O) groups excluding carboxylic acids is 1. The quantitative estimate of drug-likeness (QED) is 0.689. The van der Waals surface area contributed by atoms with Gasteiger partial charge in [0, 0.05) is 24.6 Å². The van der Waals surface area contributed by atoms with Crippen LogP contribution in [-0.4, -0.2) is 29.5 Å². The highest BCUT2D eigenvalue weighted by Gasteiger charge is 2.06. The summed E-state index contributed by atoms with van der Waals surface area (Å²) in [5.41, 5.74) is 2.02. The summed E-state index contributed by atoms with van der Waals surface area (Å²) in [6.45, 7) is 7.07. The van der Waals surface area contributed by atoms with Gasteiger partial charge in [0.05, 0.1) is 0 Å². The van der Waals surface area contributed by atoms with Gasteiger partial charge in [-0.05, 0) is 35.3 Å². The maximum absolute atomic E-state index is 11.8. The number of thioether (sulfide) groups is 1. The fourth-order valence-corrected chi connectivity index (χ4v) is 2.47. The molecule has 1 rings (SSSR count). The summed E-state index contributed by atoms with van der Waals surface area (Å²) in [4.78, 5) is 11.8. The van der Waals surface area contributed by atoms with E-state index in [4.69, 9.17) is 5.11 Å². The van der Waals surface area contributed by atoms with Crippen molar-refractivity contribution in [2.24, 2.45) is 5.92 Å². The van der Waals surface area contributed by atoms with E-state index in [1.807, 2.05) is 36.9 Å². The lowest BCUT2D eigenvalue weighted by molar-refractivity contribution is 0.243. The predicted octanol–water partition coefficient (Wildman–Crippen LogP) is 3.47. The first-order valence-corrected chi connectivity index (χ1v) is 8.42. The molecule has 3 N–H and O–H groups in total. The van der Waals surface area contributed by atoms with Crippen molar-refractivity contribution in [3.8, 4) is 0 Å². The van der Waals surface area contributed by atoms with Crippen LogP contribution in [0.15, 0.2) is 24.3 Å². The summed E-state index contributed by atoms with van der Waals surface area (Å²) in [7, 11) is 0. The number of hydrogen-bond donors (Lipinski definition) is 3. The molecule has 0 aromatic heterocycles. The topological polar surface area (TPSA) is 61.4 Å². The first-order valence-electron chi connectivity index (χ1n) is 7.37. The van der Waals surface area contributed by atoms with Crippen LogP contribution >= 0.6 is 11.8 Å². The van der Waals surface area contributed by atoms with E-state index in [-0.39, 0.29) is 18.6 Å². The molecular formula is C16H26N2O2S. The van der Waals surface area contributed by atoms with Crippen LogP contribution in [0, 0.1) is 5.92 Å². The maximum Gasteiger partial charge on any atom is 0.319 e. The number of amides is 2. The number of benzene rings is 1. The minimum atomic E-state index is -0.201. The average molecular weight is 310 g/mol. The third-order valence-corrected chi connectivity index (χ3v) is 4.17. The first kappa shape index (κ1) is 17.9. The monoisotopic (exact) mass is 310 g/mol. The minimum Gasteiger partial charge on any atom is -0.396 e. The summed E-state index contributed by atoms with van der Waals surface area (Å²) in [6, 6.07) is 7.72. The van der Waals surface area contributed by atoms with Gasteiger partial charge in [-0.3, -0.25) is 0 Å². The molecule has 1 atom stereocenters. The summed E-state index contributed by atoms with van der Waals surface area (Å²) in [5, 5.41) is 15.1. The van der Waals surface area contributed by atoms with E-state index in [9.17, 15) is 4.79 Å². The van der Waals surface area contributed by atoms with E-state index in [2.05, 4.69) is 30.5 Å². The Labute approximate surface area is 131 Å². The Kier molecular flexibility index (Phi) is 8.23. The maximum atomic E-state index is 11.8. The summed E-state index contributed by atoms with van der Waals surface area (Å²) < 4.78 is 0. The van der Waals surface area contributed by atoms with Gasteiger partial charge in [-0.15, -0.1) is 0 Å². The summed E-state index contributed by atoms with van der Waals surface area (Å²) >= 11 is 1.88. The molecule has 0 aliphatic carbocycles. The number of hydrogen-bond acceptors (Lipinski definition) is 3. The fraction of sp³-hybridized carbons (Fsp3) is 0.562. The van der Waals surface area contributed by atoms with Crippen LogP contribution in [0.3, 0.4) is 0 Å². The van der Waals surface area contributed by atoms with Gasteiger partial charge in [-0.2, -0.15) is 11.8 Å². The second kappa shape index (κ2) is 9.68. The average Bonchev–Trinajstić information content (AvgIpc) is 2.44. The molecule has 0 aliphatic heterocycles.